The van der Waals surface area contributed by atoms with Crippen molar-refractivity contribution in [3.8, 4) is 0 Å². The van der Waals surface area contributed by atoms with Crippen LogP contribution in [-0.2, 0) is 4.79 Å². The van der Waals surface area contributed by atoms with Gasteiger partial charge < -0.3 is 15.2 Å². The second-order valence-electron chi connectivity index (χ2n) is 10.5. The zero-order valence-electron chi connectivity index (χ0n) is 17.7. The number of carbonyl (C=O) groups is 1. The molecule has 4 heteroatoms. The first kappa shape index (κ1) is 18.0. The van der Waals surface area contributed by atoms with E-state index in [-0.39, 0.29) is 5.92 Å². The summed E-state index contributed by atoms with van der Waals surface area (Å²) in [6.45, 7) is 2.25. The Bertz CT molecular complexity index is 942. The summed E-state index contributed by atoms with van der Waals surface area (Å²) in [6.07, 6.45) is 11.5. The summed E-state index contributed by atoms with van der Waals surface area (Å²) in [6, 6.07) is 7.56. The van der Waals surface area contributed by atoms with E-state index >= 15 is 0 Å². The van der Waals surface area contributed by atoms with E-state index in [0.29, 0.717) is 30.0 Å². The topological polar surface area (TPSA) is 48.1 Å². The van der Waals surface area contributed by atoms with Gasteiger partial charge in [-0.2, -0.15) is 0 Å². The maximum absolute atomic E-state index is 13.5. The lowest BCUT2D eigenvalue weighted by atomic mass is 9.59. The Balaban J connectivity index is 1.24. The van der Waals surface area contributed by atoms with Crippen LogP contribution >= 0.6 is 0 Å². The number of fused-ring (bicyclic) bond motifs is 1. The van der Waals surface area contributed by atoms with Gasteiger partial charge in [0.1, 0.15) is 0 Å². The van der Waals surface area contributed by atoms with Crippen LogP contribution in [0.15, 0.2) is 24.4 Å². The normalized spacial score (nSPS) is 34.1. The summed E-state index contributed by atoms with van der Waals surface area (Å²) < 4.78 is 0. The molecule has 0 radical (unpaired) electrons. The minimum Gasteiger partial charge on any atom is -0.361 e. The van der Waals surface area contributed by atoms with Crippen molar-refractivity contribution in [1.29, 1.82) is 0 Å². The number of H-pyrrole nitrogens is 1. The summed E-state index contributed by atoms with van der Waals surface area (Å²) in [7, 11) is 2.12. The molecule has 5 fully saturated rings. The molecule has 4 bridgehead atoms. The zero-order chi connectivity index (χ0) is 19.8. The second-order valence-corrected chi connectivity index (χ2v) is 10.5. The molecule has 1 aromatic carbocycles. The SMILES string of the molecule is CNC12CC3CC(C1)N(C(=O)CC(C)c1c[nH]c4cccc(C5CC5)c14)C(C3)C2. The van der Waals surface area contributed by atoms with E-state index < -0.39 is 0 Å². The van der Waals surface area contributed by atoms with Crippen LogP contribution in [-0.4, -0.2) is 40.5 Å². The van der Waals surface area contributed by atoms with Gasteiger partial charge in [0.05, 0.1) is 0 Å². The predicted molar refractivity (Wildman–Crippen MR) is 116 cm³/mol. The van der Waals surface area contributed by atoms with Crippen LogP contribution in [0.4, 0.5) is 0 Å². The van der Waals surface area contributed by atoms with Gasteiger partial charge in [-0.25, -0.2) is 0 Å². The standard InChI is InChI=1S/C25H33N3O/c1-15(21-14-27-22-5-3-4-20(24(21)22)17-6-7-17)8-23(29)28-18-9-16-10-19(28)13-25(11-16,12-18)26-2/h3-5,14-19,26-27H,6-13H2,1-2H3. The molecule has 154 valence electrons. The van der Waals surface area contributed by atoms with Gasteiger partial charge in [0.15, 0.2) is 0 Å². The first-order chi connectivity index (χ1) is 14.1. The van der Waals surface area contributed by atoms with Gasteiger partial charge in [0.25, 0.3) is 0 Å². The monoisotopic (exact) mass is 391 g/mol. The zero-order valence-corrected chi connectivity index (χ0v) is 17.7. The minimum atomic E-state index is 0.256. The number of hydrogen-bond donors (Lipinski definition) is 2. The van der Waals surface area contributed by atoms with Crippen molar-refractivity contribution in [3.63, 3.8) is 0 Å². The van der Waals surface area contributed by atoms with E-state index in [1.807, 2.05) is 0 Å². The molecule has 0 spiro atoms. The first-order valence-electron chi connectivity index (χ1n) is 11.7. The smallest absolute Gasteiger partial charge is 0.223 e. The molecule has 3 saturated carbocycles. The molecular formula is C25H33N3O. The van der Waals surface area contributed by atoms with Crippen molar-refractivity contribution in [1.82, 2.24) is 15.2 Å². The minimum absolute atomic E-state index is 0.256. The van der Waals surface area contributed by atoms with Crippen LogP contribution in [0.1, 0.15) is 81.3 Å². The maximum atomic E-state index is 13.5. The molecule has 1 aromatic heterocycles. The van der Waals surface area contributed by atoms with E-state index in [4.69, 9.17) is 0 Å². The van der Waals surface area contributed by atoms with Crippen molar-refractivity contribution in [2.24, 2.45) is 5.92 Å². The molecule has 2 N–H and O–H groups in total. The quantitative estimate of drug-likeness (QED) is 0.778. The molecule has 2 saturated heterocycles. The lowest BCUT2D eigenvalue weighted by Crippen LogP contribution is -2.69. The number of hydrogen-bond acceptors (Lipinski definition) is 2. The number of nitrogens with one attached hydrogen (secondary N) is 2. The highest BCUT2D eigenvalue weighted by Gasteiger charge is 2.55. The molecule has 3 unspecified atom stereocenters. The molecule has 3 aliphatic carbocycles. The Kier molecular flexibility index (Phi) is 3.94. The molecule has 29 heavy (non-hydrogen) atoms. The van der Waals surface area contributed by atoms with Crippen molar-refractivity contribution >= 4 is 16.8 Å². The van der Waals surface area contributed by atoms with Crippen molar-refractivity contribution in [3.05, 3.63) is 35.5 Å². The van der Waals surface area contributed by atoms with Gasteiger partial charge in [-0.15, -0.1) is 0 Å². The van der Waals surface area contributed by atoms with E-state index in [9.17, 15) is 4.79 Å². The van der Waals surface area contributed by atoms with Crippen LogP contribution in [0, 0.1) is 5.92 Å². The molecule has 4 nitrogen and oxygen atoms in total. The fourth-order valence-electron chi connectivity index (χ4n) is 7.18. The van der Waals surface area contributed by atoms with E-state index in [2.05, 4.69) is 53.6 Å². The Morgan fingerprint density at radius 3 is 2.69 bits per heavy atom. The molecule has 2 aliphatic heterocycles. The molecule has 1 amide bonds. The number of nitrogens with zero attached hydrogens (tertiary/aromatic N) is 1. The van der Waals surface area contributed by atoms with Crippen molar-refractivity contribution in [2.45, 2.75) is 87.7 Å². The van der Waals surface area contributed by atoms with E-state index in [1.54, 1.807) is 0 Å². The average molecular weight is 392 g/mol. The van der Waals surface area contributed by atoms with E-state index in [0.717, 1.165) is 24.7 Å². The third-order valence-electron chi connectivity index (χ3n) is 8.55. The van der Waals surface area contributed by atoms with Gasteiger partial charge in [-0.1, -0.05) is 19.1 Å². The molecule has 5 aliphatic rings. The lowest BCUT2D eigenvalue weighted by molar-refractivity contribution is -0.152. The van der Waals surface area contributed by atoms with Gasteiger partial charge >= 0.3 is 0 Å². The van der Waals surface area contributed by atoms with Gasteiger partial charge in [-0.3, -0.25) is 4.79 Å². The number of carbonyl (C=O) groups excluding carboxylic acids is 1. The van der Waals surface area contributed by atoms with Gasteiger partial charge in [0.2, 0.25) is 5.91 Å². The number of rotatable bonds is 5. The van der Waals surface area contributed by atoms with Crippen molar-refractivity contribution in [2.75, 3.05) is 7.05 Å². The van der Waals surface area contributed by atoms with E-state index in [1.165, 1.54) is 54.1 Å². The van der Waals surface area contributed by atoms with Crippen molar-refractivity contribution < 1.29 is 4.79 Å². The lowest BCUT2D eigenvalue weighted by Gasteiger charge is -2.61. The van der Waals surface area contributed by atoms with Crippen LogP contribution < -0.4 is 5.32 Å². The Morgan fingerprint density at radius 2 is 2.00 bits per heavy atom. The fourth-order valence-corrected chi connectivity index (χ4v) is 7.18. The highest BCUT2D eigenvalue weighted by Crippen LogP contribution is 2.52. The fraction of sp³-hybridized carbons (Fsp3) is 0.640. The number of amides is 1. The number of piperidine rings is 2. The number of benzene rings is 1. The van der Waals surface area contributed by atoms with Gasteiger partial charge in [0, 0.05) is 41.1 Å². The molecule has 7 rings (SSSR count). The summed E-state index contributed by atoms with van der Waals surface area (Å²) in [5.74, 6) is 2.18. The van der Waals surface area contributed by atoms with Crippen LogP contribution in [0.25, 0.3) is 10.9 Å². The highest BCUT2D eigenvalue weighted by atomic mass is 16.2. The third-order valence-corrected chi connectivity index (χ3v) is 8.55. The summed E-state index contributed by atoms with van der Waals surface area (Å²) >= 11 is 0. The molecule has 3 atom stereocenters. The van der Waals surface area contributed by atoms with Gasteiger partial charge in [-0.05, 0) is 86.9 Å². The van der Waals surface area contributed by atoms with Crippen LogP contribution in [0.2, 0.25) is 0 Å². The predicted octanol–water partition coefficient (Wildman–Crippen LogP) is 4.67. The Morgan fingerprint density at radius 1 is 1.24 bits per heavy atom. The second kappa shape index (κ2) is 6.34. The average Bonchev–Trinajstić information content (AvgIpc) is 3.45. The van der Waals surface area contributed by atoms with Crippen LogP contribution in [0.3, 0.4) is 0 Å². The third kappa shape index (κ3) is 2.78. The summed E-state index contributed by atoms with van der Waals surface area (Å²) in [5, 5.41) is 5.03. The summed E-state index contributed by atoms with van der Waals surface area (Å²) in [5.41, 5.74) is 4.36. The molecular weight excluding hydrogens is 358 g/mol. The molecule has 2 aromatic rings. The summed E-state index contributed by atoms with van der Waals surface area (Å²) in [4.78, 5) is 19.3. The molecule has 3 heterocycles. The Labute approximate surface area is 173 Å². The number of aromatic amines is 1. The number of aromatic nitrogens is 1. The highest BCUT2D eigenvalue weighted by molar-refractivity contribution is 5.89. The first-order valence-corrected chi connectivity index (χ1v) is 11.7. The maximum Gasteiger partial charge on any atom is 0.223 e. The van der Waals surface area contributed by atoms with Crippen LogP contribution in [0.5, 0.6) is 0 Å². The largest absolute Gasteiger partial charge is 0.361 e. The Hall–Kier alpha value is -1.81.